The number of benzene rings is 9. The number of aromatic nitrogens is 1. The number of rotatable bonds is 3. The quantitative estimate of drug-likeness (QED) is 0.177. The number of hydrogen-bond donors (Lipinski definition) is 1. The maximum atomic E-state index is 4.10. The lowest BCUT2D eigenvalue weighted by Gasteiger charge is -2.26. The first kappa shape index (κ1) is 31.6. The summed E-state index contributed by atoms with van der Waals surface area (Å²) in [5.74, 6) is 0. The molecule has 1 N–H and O–H groups in total. The van der Waals surface area contributed by atoms with Crippen molar-refractivity contribution < 1.29 is 0 Å². The highest BCUT2D eigenvalue weighted by Crippen LogP contribution is 2.49. The predicted octanol–water partition coefficient (Wildman–Crippen LogP) is 14.4. The lowest BCUT2D eigenvalue weighted by Crippen LogP contribution is -2.37. The molecule has 5 heterocycles. The second-order valence-corrected chi connectivity index (χ2v) is 18.6. The summed E-state index contributed by atoms with van der Waals surface area (Å²) in [5, 5.41) is 17.0. The van der Waals surface area contributed by atoms with Gasteiger partial charge in [-0.25, -0.2) is 0 Å². The topological polar surface area (TPSA) is 17.0 Å². The van der Waals surface area contributed by atoms with Crippen molar-refractivity contribution in [3.63, 3.8) is 0 Å². The SMILES string of the molecule is [B]1c2c(-c3c(Nc4cccc5sc6ccccc6c45)ccc4sc5ccccc5c34)cc3c(sc4ccccc43)c2-n2c3ccc4ccccc4c3c3cccc1c32. The van der Waals surface area contributed by atoms with E-state index in [2.05, 4.69) is 181 Å². The third-order valence-corrected chi connectivity index (χ3v) is 15.9. The first-order valence-electron chi connectivity index (χ1n) is 19.7. The zero-order chi connectivity index (χ0) is 37.6. The van der Waals surface area contributed by atoms with Gasteiger partial charge in [0.1, 0.15) is 0 Å². The average Bonchev–Trinajstić information content (AvgIpc) is 4.04. The Bertz CT molecular complexity index is 3940. The molecule has 1 radical (unpaired) electrons. The van der Waals surface area contributed by atoms with Crippen LogP contribution in [0.4, 0.5) is 11.4 Å². The van der Waals surface area contributed by atoms with Crippen LogP contribution in [0.5, 0.6) is 0 Å². The number of nitrogens with one attached hydrogen (secondary N) is 1. The van der Waals surface area contributed by atoms with Gasteiger partial charge in [-0.1, -0.05) is 115 Å². The molecule has 13 aromatic rings. The van der Waals surface area contributed by atoms with E-state index in [9.17, 15) is 0 Å². The highest BCUT2D eigenvalue weighted by molar-refractivity contribution is 7.27. The van der Waals surface area contributed by atoms with E-state index < -0.39 is 0 Å². The Morgan fingerprint density at radius 2 is 1.10 bits per heavy atom. The summed E-state index contributed by atoms with van der Waals surface area (Å²) in [4.78, 5) is 0. The second-order valence-electron chi connectivity index (χ2n) is 15.4. The molecular formula is C52H28BN2S3. The Hall–Kier alpha value is -6.44. The minimum atomic E-state index is 1.11. The van der Waals surface area contributed by atoms with Crippen LogP contribution in [0.15, 0.2) is 164 Å². The van der Waals surface area contributed by atoms with Gasteiger partial charge in [0.15, 0.2) is 7.28 Å². The number of para-hydroxylation sites is 1. The van der Waals surface area contributed by atoms with Crippen LogP contribution in [0.25, 0.3) is 110 Å². The van der Waals surface area contributed by atoms with Crippen molar-refractivity contribution >= 4 is 157 Å². The van der Waals surface area contributed by atoms with Crippen molar-refractivity contribution in [1.82, 2.24) is 4.57 Å². The molecule has 0 spiro atoms. The van der Waals surface area contributed by atoms with E-state index in [4.69, 9.17) is 0 Å². The molecule has 0 fully saturated rings. The Morgan fingerprint density at radius 1 is 0.448 bits per heavy atom. The molecule has 0 amide bonds. The van der Waals surface area contributed by atoms with Crippen LogP contribution in [0.2, 0.25) is 0 Å². The van der Waals surface area contributed by atoms with Crippen molar-refractivity contribution in [2.24, 2.45) is 0 Å². The van der Waals surface area contributed by atoms with E-state index in [-0.39, 0.29) is 0 Å². The van der Waals surface area contributed by atoms with E-state index in [0.29, 0.717) is 0 Å². The Kier molecular flexibility index (Phi) is 6.32. The predicted molar refractivity (Wildman–Crippen MR) is 257 cm³/mol. The van der Waals surface area contributed by atoms with Gasteiger partial charge in [-0.2, -0.15) is 0 Å². The van der Waals surface area contributed by atoms with Crippen molar-refractivity contribution in [3.05, 3.63) is 164 Å². The summed E-state index contributed by atoms with van der Waals surface area (Å²) in [7, 11) is 2.49. The van der Waals surface area contributed by atoms with Crippen molar-refractivity contribution in [3.8, 4) is 16.8 Å². The van der Waals surface area contributed by atoms with E-state index in [1.54, 1.807) is 0 Å². The Labute approximate surface area is 345 Å². The molecule has 0 aliphatic carbocycles. The summed E-state index contributed by atoms with van der Waals surface area (Å²) in [6, 6.07) is 61.0. The minimum Gasteiger partial charge on any atom is -0.354 e. The maximum Gasteiger partial charge on any atom is 0.197 e. The van der Waals surface area contributed by atoms with E-state index in [1.165, 1.54) is 121 Å². The van der Waals surface area contributed by atoms with Crippen LogP contribution in [0.3, 0.4) is 0 Å². The van der Waals surface area contributed by atoms with Crippen LogP contribution in [-0.4, -0.2) is 11.8 Å². The van der Waals surface area contributed by atoms with E-state index in [0.717, 1.165) is 11.4 Å². The maximum absolute atomic E-state index is 4.10. The molecule has 9 aromatic carbocycles. The molecule has 1 aliphatic heterocycles. The normalized spacial score (nSPS) is 12.6. The molecule has 4 aromatic heterocycles. The van der Waals surface area contributed by atoms with Crippen molar-refractivity contribution in [2.75, 3.05) is 5.32 Å². The van der Waals surface area contributed by atoms with Crippen LogP contribution in [0, 0.1) is 0 Å². The zero-order valence-corrected chi connectivity index (χ0v) is 33.3. The van der Waals surface area contributed by atoms with Crippen molar-refractivity contribution in [2.45, 2.75) is 0 Å². The summed E-state index contributed by atoms with van der Waals surface area (Å²) in [6.07, 6.45) is 0. The van der Waals surface area contributed by atoms with Gasteiger partial charge in [-0.05, 0) is 76.4 Å². The van der Waals surface area contributed by atoms with Gasteiger partial charge in [0, 0.05) is 89.0 Å². The van der Waals surface area contributed by atoms with Crippen LogP contribution in [-0.2, 0) is 0 Å². The second kappa shape index (κ2) is 11.6. The molecule has 2 nitrogen and oxygen atoms in total. The summed E-state index contributed by atoms with van der Waals surface area (Å²) >= 11 is 5.67. The fourth-order valence-electron chi connectivity index (χ4n) is 10.0. The standard InChI is InChI=1S/C52H28BN2S3/c1-2-12-29-28(11-1)23-25-39-45(29)33-16-9-17-36-50(33)55(39)51-49(53-36)35(27-34-30-13-3-6-19-40(30)58-52(34)51)47-38(24-26-44-48(47)32-15-5-8-21-42(32)57-44)54-37-18-10-22-43-46(37)31-14-4-7-20-41(31)56-43/h1-27,54H. The molecule has 1 aliphatic rings. The molecule has 0 saturated heterocycles. The first-order chi connectivity index (χ1) is 28.8. The van der Waals surface area contributed by atoms with Gasteiger partial charge in [0.05, 0.1) is 15.9 Å². The van der Waals surface area contributed by atoms with E-state index >= 15 is 0 Å². The highest BCUT2D eigenvalue weighted by atomic mass is 32.1. The van der Waals surface area contributed by atoms with Gasteiger partial charge < -0.3 is 9.88 Å². The third kappa shape index (κ3) is 4.16. The number of thiophene rings is 3. The molecular weight excluding hydrogens is 760 g/mol. The molecule has 0 saturated carbocycles. The molecule has 14 rings (SSSR count). The number of anilines is 2. The average molecular weight is 788 g/mol. The summed E-state index contributed by atoms with van der Waals surface area (Å²) < 4.78 is 10.4. The highest BCUT2D eigenvalue weighted by Gasteiger charge is 2.31. The molecule has 58 heavy (non-hydrogen) atoms. The Morgan fingerprint density at radius 3 is 1.93 bits per heavy atom. The summed E-state index contributed by atoms with van der Waals surface area (Å²) in [5.41, 5.74) is 11.0. The summed E-state index contributed by atoms with van der Waals surface area (Å²) in [6.45, 7) is 0. The van der Waals surface area contributed by atoms with E-state index in [1.807, 2.05) is 34.0 Å². The molecule has 0 bridgehead atoms. The number of nitrogens with zero attached hydrogens (tertiary/aromatic N) is 1. The third-order valence-electron chi connectivity index (χ3n) is 12.4. The fourth-order valence-corrected chi connectivity index (χ4v) is 13.5. The van der Waals surface area contributed by atoms with Crippen molar-refractivity contribution in [1.29, 1.82) is 0 Å². The Balaban J connectivity index is 1.16. The largest absolute Gasteiger partial charge is 0.354 e. The fraction of sp³-hybridized carbons (Fsp3) is 0. The zero-order valence-electron chi connectivity index (χ0n) is 30.8. The molecule has 0 unspecified atom stereocenters. The van der Waals surface area contributed by atoms with Crippen LogP contribution >= 0.6 is 34.0 Å². The molecule has 267 valence electrons. The van der Waals surface area contributed by atoms with Crippen LogP contribution < -0.4 is 16.2 Å². The minimum absolute atomic E-state index is 1.11. The monoisotopic (exact) mass is 787 g/mol. The molecule has 0 atom stereocenters. The van der Waals surface area contributed by atoms with Gasteiger partial charge in [0.2, 0.25) is 0 Å². The first-order valence-corrected chi connectivity index (χ1v) is 22.1. The number of fused-ring (bicyclic) bond motifs is 17. The van der Waals surface area contributed by atoms with Gasteiger partial charge in [-0.15, -0.1) is 34.0 Å². The lowest BCUT2D eigenvalue weighted by atomic mass is 9.58. The van der Waals surface area contributed by atoms with Gasteiger partial charge >= 0.3 is 0 Å². The smallest absolute Gasteiger partial charge is 0.197 e. The van der Waals surface area contributed by atoms with Gasteiger partial charge in [-0.3, -0.25) is 0 Å². The van der Waals surface area contributed by atoms with Crippen LogP contribution in [0.1, 0.15) is 0 Å². The lowest BCUT2D eigenvalue weighted by molar-refractivity contribution is 1.21. The molecule has 6 heteroatoms. The number of hydrogen-bond acceptors (Lipinski definition) is 4. The van der Waals surface area contributed by atoms with Gasteiger partial charge in [0.25, 0.3) is 0 Å².